The first kappa shape index (κ1) is 17.5. The van der Waals surface area contributed by atoms with Gasteiger partial charge in [0.15, 0.2) is 5.82 Å². The fourth-order valence-electron chi connectivity index (χ4n) is 4.35. The summed E-state index contributed by atoms with van der Waals surface area (Å²) in [5.74, 6) is 2.58. The molecule has 0 atom stereocenters. The van der Waals surface area contributed by atoms with Crippen molar-refractivity contribution in [1.82, 2.24) is 19.7 Å². The molecule has 0 saturated heterocycles. The van der Waals surface area contributed by atoms with E-state index in [4.69, 9.17) is 4.98 Å². The van der Waals surface area contributed by atoms with Crippen LogP contribution < -0.4 is 10.2 Å². The zero-order chi connectivity index (χ0) is 20.2. The molecule has 7 nitrogen and oxygen atoms in total. The van der Waals surface area contributed by atoms with Crippen LogP contribution >= 0.6 is 0 Å². The summed E-state index contributed by atoms with van der Waals surface area (Å²) >= 11 is 0. The lowest BCUT2D eigenvalue weighted by Crippen LogP contribution is -2.28. The van der Waals surface area contributed by atoms with Gasteiger partial charge in [0.25, 0.3) is 5.91 Å². The topological polar surface area (TPSA) is 86.3 Å². The molecule has 0 radical (unpaired) electrons. The van der Waals surface area contributed by atoms with Crippen LogP contribution in [-0.2, 0) is 13.1 Å². The van der Waals surface area contributed by atoms with Crippen molar-refractivity contribution in [2.75, 3.05) is 11.4 Å². The first-order valence-electron chi connectivity index (χ1n) is 10.6. The van der Waals surface area contributed by atoms with Crippen LogP contribution in [0.2, 0.25) is 0 Å². The van der Waals surface area contributed by atoms with Crippen LogP contribution in [0.1, 0.15) is 64.6 Å². The molecule has 1 N–H and O–H groups in total. The molecule has 0 bridgehead atoms. The molecule has 2 aliphatic carbocycles. The Morgan fingerprint density at radius 2 is 2.07 bits per heavy atom. The van der Waals surface area contributed by atoms with Crippen molar-refractivity contribution in [1.29, 1.82) is 5.26 Å². The number of anilines is 1. The van der Waals surface area contributed by atoms with E-state index in [0.29, 0.717) is 42.0 Å². The van der Waals surface area contributed by atoms with Gasteiger partial charge >= 0.3 is 0 Å². The van der Waals surface area contributed by atoms with E-state index in [1.165, 1.54) is 12.8 Å². The summed E-state index contributed by atoms with van der Waals surface area (Å²) in [5, 5.41) is 12.7. The highest BCUT2D eigenvalue weighted by molar-refractivity contribution is 5.95. The highest BCUT2D eigenvalue weighted by Crippen LogP contribution is 2.39. The lowest BCUT2D eigenvalue weighted by Gasteiger charge is -2.29. The lowest BCUT2D eigenvalue weighted by molar-refractivity contribution is 0.0946. The lowest BCUT2D eigenvalue weighted by atomic mass is 10.1. The number of nitriles is 1. The molecular weight excluding hydrogens is 376 g/mol. The molecule has 3 aromatic heterocycles. The average Bonchev–Trinajstić information content (AvgIpc) is 3.70. The SMILES string of the molecule is N#Cc1cnc(C2CC2)nc1N1Cc2cccn3c(C(=O)NCC4CC4)cc(c23)C1. The second-order valence-corrected chi connectivity index (χ2v) is 8.67. The number of hydrogen-bond acceptors (Lipinski definition) is 5. The Morgan fingerprint density at radius 3 is 2.83 bits per heavy atom. The van der Waals surface area contributed by atoms with Gasteiger partial charge in [-0.15, -0.1) is 0 Å². The summed E-state index contributed by atoms with van der Waals surface area (Å²) in [6.45, 7) is 2.02. The third kappa shape index (κ3) is 2.91. The van der Waals surface area contributed by atoms with E-state index in [1.54, 1.807) is 6.20 Å². The molecule has 0 spiro atoms. The number of rotatable bonds is 5. The van der Waals surface area contributed by atoms with Gasteiger partial charge in [0.1, 0.15) is 23.2 Å². The van der Waals surface area contributed by atoms with Crippen LogP contribution in [0.15, 0.2) is 30.6 Å². The fourth-order valence-corrected chi connectivity index (χ4v) is 4.35. The minimum atomic E-state index is -0.0236. The minimum Gasteiger partial charge on any atom is -0.350 e. The zero-order valence-corrected chi connectivity index (χ0v) is 16.6. The van der Waals surface area contributed by atoms with Crippen LogP contribution in [0.5, 0.6) is 0 Å². The highest BCUT2D eigenvalue weighted by Gasteiger charge is 2.30. The Hall–Kier alpha value is -3.40. The van der Waals surface area contributed by atoms with Crippen molar-refractivity contribution in [3.8, 4) is 6.07 Å². The van der Waals surface area contributed by atoms with Crippen molar-refractivity contribution in [2.45, 2.75) is 44.7 Å². The minimum absolute atomic E-state index is 0.0236. The Kier molecular flexibility index (Phi) is 3.82. The third-order valence-electron chi connectivity index (χ3n) is 6.31. The van der Waals surface area contributed by atoms with E-state index in [2.05, 4.69) is 27.3 Å². The fraction of sp³-hybridized carbons (Fsp3) is 0.391. The first-order valence-corrected chi connectivity index (χ1v) is 10.6. The van der Waals surface area contributed by atoms with Crippen molar-refractivity contribution in [3.63, 3.8) is 0 Å². The third-order valence-corrected chi connectivity index (χ3v) is 6.31. The van der Waals surface area contributed by atoms with Crippen LogP contribution in [0.25, 0.3) is 5.52 Å². The number of carbonyl (C=O) groups excluding carboxylic acids is 1. The molecule has 2 fully saturated rings. The predicted octanol–water partition coefficient (Wildman–Crippen LogP) is 3.14. The quantitative estimate of drug-likeness (QED) is 0.714. The van der Waals surface area contributed by atoms with Crippen molar-refractivity contribution >= 4 is 17.2 Å². The molecule has 1 amide bonds. The van der Waals surface area contributed by atoms with E-state index in [1.807, 2.05) is 22.7 Å². The predicted molar refractivity (Wildman–Crippen MR) is 111 cm³/mol. The van der Waals surface area contributed by atoms with Crippen molar-refractivity contribution in [3.05, 3.63) is 58.8 Å². The van der Waals surface area contributed by atoms with Gasteiger partial charge in [0.05, 0.1) is 11.7 Å². The number of nitrogens with one attached hydrogen (secondary N) is 1. The molecule has 4 heterocycles. The maximum atomic E-state index is 12.8. The molecule has 30 heavy (non-hydrogen) atoms. The Labute approximate surface area is 174 Å². The zero-order valence-electron chi connectivity index (χ0n) is 16.6. The van der Waals surface area contributed by atoms with E-state index < -0.39 is 0 Å². The van der Waals surface area contributed by atoms with E-state index in [0.717, 1.165) is 41.9 Å². The molecule has 7 heteroatoms. The summed E-state index contributed by atoms with van der Waals surface area (Å²) in [4.78, 5) is 24.1. The molecule has 1 aliphatic heterocycles. The van der Waals surface area contributed by atoms with Gasteiger partial charge < -0.3 is 14.6 Å². The summed E-state index contributed by atoms with van der Waals surface area (Å²) in [6.07, 6.45) is 8.27. The summed E-state index contributed by atoms with van der Waals surface area (Å²) in [6, 6.07) is 8.31. The Morgan fingerprint density at radius 1 is 1.23 bits per heavy atom. The maximum Gasteiger partial charge on any atom is 0.268 e. The molecule has 6 rings (SSSR count). The van der Waals surface area contributed by atoms with Crippen LogP contribution in [0.3, 0.4) is 0 Å². The van der Waals surface area contributed by atoms with Crippen molar-refractivity contribution in [2.24, 2.45) is 5.92 Å². The molecular formula is C23H22N6O. The monoisotopic (exact) mass is 398 g/mol. The van der Waals surface area contributed by atoms with Gasteiger partial charge in [-0.05, 0) is 54.9 Å². The average molecular weight is 398 g/mol. The van der Waals surface area contributed by atoms with E-state index in [9.17, 15) is 10.1 Å². The van der Waals surface area contributed by atoms with Gasteiger partial charge in [0, 0.05) is 31.7 Å². The summed E-state index contributed by atoms with van der Waals surface area (Å²) < 4.78 is 2.01. The molecule has 150 valence electrons. The highest BCUT2D eigenvalue weighted by atomic mass is 16.1. The number of pyridine rings is 1. The van der Waals surface area contributed by atoms with Gasteiger partial charge in [-0.3, -0.25) is 4.79 Å². The molecule has 0 unspecified atom stereocenters. The number of carbonyl (C=O) groups is 1. The van der Waals surface area contributed by atoms with E-state index in [-0.39, 0.29) is 5.91 Å². The molecule has 3 aliphatic rings. The van der Waals surface area contributed by atoms with Crippen LogP contribution in [-0.4, -0.2) is 26.8 Å². The smallest absolute Gasteiger partial charge is 0.268 e. The van der Waals surface area contributed by atoms with Crippen molar-refractivity contribution < 1.29 is 4.79 Å². The number of amides is 1. The number of nitrogens with zero attached hydrogens (tertiary/aromatic N) is 5. The first-order chi connectivity index (χ1) is 14.7. The summed E-state index contributed by atoms with van der Waals surface area (Å²) in [7, 11) is 0. The standard InChI is InChI=1S/C23H22N6O/c24-9-18-11-25-21(15-5-6-15)27-22(18)28-12-16-2-1-7-29-19(8-17(13-28)20(16)29)23(30)26-10-14-3-4-14/h1-2,7-8,11,14-15H,3-6,10,12-13H2,(H,26,30). The van der Waals surface area contributed by atoms with E-state index >= 15 is 0 Å². The van der Waals surface area contributed by atoms with Gasteiger partial charge in [0.2, 0.25) is 0 Å². The molecule has 3 aromatic rings. The number of hydrogen-bond donors (Lipinski definition) is 1. The van der Waals surface area contributed by atoms with Gasteiger partial charge in [-0.1, -0.05) is 6.07 Å². The largest absolute Gasteiger partial charge is 0.350 e. The normalized spacial score (nSPS) is 17.8. The van der Waals surface area contributed by atoms with Gasteiger partial charge in [-0.2, -0.15) is 5.26 Å². The molecule has 0 aromatic carbocycles. The van der Waals surface area contributed by atoms with Gasteiger partial charge in [-0.25, -0.2) is 9.97 Å². The maximum absolute atomic E-state index is 12.8. The Bertz CT molecular complexity index is 1210. The second kappa shape index (κ2) is 6.56. The number of aromatic nitrogens is 3. The second-order valence-electron chi connectivity index (χ2n) is 8.67. The van der Waals surface area contributed by atoms with Crippen LogP contribution in [0.4, 0.5) is 5.82 Å². The Balaban J connectivity index is 1.37. The van der Waals surface area contributed by atoms with Crippen LogP contribution in [0, 0.1) is 17.2 Å². The molecule has 2 saturated carbocycles. The summed E-state index contributed by atoms with van der Waals surface area (Å²) in [5.41, 5.74) is 4.49.